The summed E-state index contributed by atoms with van der Waals surface area (Å²) in [6, 6.07) is 7.28. The van der Waals surface area contributed by atoms with E-state index < -0.39 is 0 Å². The molecule has 0 atom stereocenters. The van der Waals surface area contributed by atoms with Crippen LogP contribution in [0.25, 0.3) is 0 Å². The highest BCUT2D eigenvalue weighted by atomic mass is 16.2. The summed E-state index contributed by atoms with van der Waals surface area (Å²) < 4.78 is 0. The fraction of sp³-hybridized carbons (Fsp3) is 0.333. The van der Waals surface area contributed by atoms with E-state index in [1.54, 1.807) is 11.0 Å². The molecule has 0 saturated carbocycles. The molecule has 15 heavy (non-hydrogen) atoms. The second-order valence-corrected chi connectivity index (χ2v) is 3.72. The minimum absolute atomic E-state index is 0.00491. The molecule has 0 radical (unpaired) electrons. The highest BCUT2D eigenvalue weighted by molar-refractivity contribution is 6.05. The van der Waals surface area contributed by atoms with Gasteiger partial charge < -0.3 is 4.90 Å². The van der Waals surface area contributed by atoms with E-state index in [1.807, 2.05) is 18.2 Å². The number of anilines is 1. The Morgan fingerprint density at radius 3 is 2.67 bits per heavy atom. The van der Waals surface area contributed by atoms with Gasteiger partial charge in [0.15, 0.2) is 5.78 Å². The van der Waals surface area contributed by atoms with Gasteiger partial charge in [0.25, 0.3) is 0 Å². The molecule has 0 aromatic heterocycles. The lowest BCUT2D eigenvalue weighted by molar-refractivity contribution is -0.117. The van der Waals surface area contributed by atoms with Gasteiger partial charge in [0.1, 0.15) is 0 Å². The summed E-state index contributed by atoms with van der Waals surface area (Å²) in [7, 11) is 0. The third-order valence-corrected chi connectivity index (χ3v) is 2.65. The van der Waals surface area contributed by atoms with Gasteiger partial charge in [-0.25, -0.2) is 0 Å². The fourth-order valence-corrected chi connectivity index (χ4v) is 1.91. The van der Waals surface area contributed by atoms with Gasteiger partial charge in [-0.3, -0.25) is 9.59 Å². The smallest absolute Gasteiger partial charge is 0.227 e. The zero-order chi connectivity index (χ0) is 10.8. The maximum Gasteiger partial charge on any atom is 0.227 e. The number of para-hydroxylation sites is 1. The molecule has 1 amide bonds. The summed E-state index contributed by atoms with van der Waals surface area (Å²) in [4.78, 5) is 24.7. The minimum atomic E-state index is 0.00491. The number of carbonyl (C=O) groups is 2. The number of amides is 1. The van der Waals surface area contributed by atoms with Crippen LogP contribution >= 0.6 is 0 Å². The lowest BCUT2D eigenvalue weighted by Crippen LogP contribution is -2.25. The molecule has 2 rings (SSSR count). The number of rotatable bonds is 2. The topological polar surface area (TPSA) is 37.4 Å². The summed E-state index contributed by atoms with van der Waals surface area (Å²) in [6.07, 6.45) is 1.47. The summed E-state index contributed by atoms with van der Waals surface area (Å²) in [5, 5.41) is 0. The SMILES string of the molecule is CC(=O)c1ccccc1N1CCCC1=O. The summed E-state index contributed by atoms with van der Waals surface area (Å²) in [5.74, 6) is 0.119. The molecule has 1 aliphatic heterocycles. The van der Waals surface area contributed by atoms with Crippen molar-refractivity contribution >= 4 is 17.4 Å². The molecule has 1 heterocycles. The Morgan fingerprint density at radius 1 is 1.33 bits per heavy atom. The third kappa shape index (κ3) is 1.77. The predicted octanol–water partition coefficient (Wildman–Crippen LogP) is 2.02. The maximum atomic E-state index is 11.6. The Morgan fingerprint density at radius 2 is 2.07 bits per heavy atom. The van der Waals surface area contributed by atoms with Gasteiger partial charge in [-0.2, -0.15) is 0 Å². The van der Waals surface area contributed by atoms with Crippen molar-refractivity contribution in [1.29, 1.82) is 0 Å². The van der Waals surface area contributed by atoms with Crippen molar-refractivity contribution in [3.8, 4) is 0 Å². The normalized spacial score (nSPS) is 15.8. The molecule has 1 fully saturated rings. The van der Waals surface area contributed by atoms with Crippen LogP contribution in [0.5, 0.6) is 0 Å². The van der Waals surface area contributed by atoms with E-state index in [2.05, 4.69) is 0 Å². The van der Waals surface area contributed by atoms with Crippen molar-refractivity contribution in [1.82, 2.24) is 0 Å². The van der Waals surface area contributed by atoms with Crippen LogP contribution in [0.4, 0.5) is 5.69 Å². The first-order valence-electron chi connectivity index (χ1n) is 5.10. The van der Waals surface area contributed by atoms with Crippen LogP contribution in [0.2, 0.25) is 0 Å². The molecule has 78 valence electrons. The van der Waals surface area contributed by atoms with Crippen molar-refractivity contribution in [3.05, 3.63) is 29.8 Å². The van der Waals surface area contributed by atoms with Crippen molar-refractivity contribution < 1.29 is 9.59 Å². The van der Waals surface area contributed by atoms with Crippen molar-refractivity contribution in [2.24, 2.45) is 0 Å². The standard InChI is InChI=1S/C12H13NO2/c1-9(14)10-5-2-3-6-11(10)13-8-4-7-12(13)15/h2-3,5-6H,4,7-8H2,1H3. The first-order chi connectivity index (χ1) is 7.20. The van der Waals surface area contributed by atoms with Crippen LogP contribution in [0, 0.1) is 0 Å². The van der Waals surface area contributed by atoms with Crippen LogP contribution in [-0.2, 0) is 4.79 Å². The molecule has 3 heteroatoms. The minimum Gasteiger partial charge on any atom is -0.312 e. The first kappa shape index (κ1) is 9.90. The van der Waals surface area contributed by atoms with Gasteiger partial charge in [0, 0.05) is 18.5 Å². The van der Waals surface area contributed by atoms with Gasteiger partial charge in [-0.05, 0) is 25.5 Å². The van der Waals surface area contributed by atoms with Crippen LogP contribution in [0.15, 0.2) is 24.3 Å². The Hall–Kier alpha value is -1.64. The van der Waals surface area contributed by atoms with Crippen molar-refractivity contribution in [3.63, 3.8) is 0 Å². The number of hydrogen-bond donors (Lipinski definition) is 0. The van der Waals surface area contributed by atoms with E-state index in [9.17, 15) is 9.59 Å². The van der Waals surface area contributed by atoms with Crippen molar-refractivity contribution in [2.75, 3.05) is 11.4 Å². The zero-order valence-electron chi connectivity index (χ0n) is 8.69. The largest absolute Gasteiger partial charge is 0.312 e. The third-order valence-electron chi connectivity index (χ3n) is 2.65. The second-order valence-electron chi connectivity index (χ2n) is 3.72. The predicted molar refractivity (Wildman–Crippen MR) is 58.0 cm³/mol. The molecule has 3 nitrogen and oxygen atoms in total. The fourth-order valence-electron chi connectivity index (χ4n) is 1.91. The van der Waals surface area contributed by atoms with E-state index in [1.165, 1.54) is 6.92 Å². The molecule has 1 aromatic carbocycles. The molecular weight excluding hydrogens is 190 g/mol. The van der Waals surface area contributed by atoms with Crippen molar-refractivity contribution in [2.45, 2.75) is 19.8 Å². The van der Waals surface area contributed by atoms with Gasteiger partial charge in [-0.15, -0.1) is 0 Å². The molecule has 0 N–H and O–H groups in total. The Kier molecular flexibility index (Phi) is 2.54. The highest BCUT2D eigenvalue weighted by Gasteiger charge is 2.24. The summed E-state index contributed by atoms with van der Waals surface area (Å²) in [5.41, 5.74) is 1.39. The zero-order valence-corrected chi connectivity index (χ0v) is 8.69. The number of hydrogen-bond acceptors (Lipinski definition) is 2. The Balaban J connectivity index is 2.42. The molecule has 0 bridgehead atoms. The molecular formula is C12H13NO2. The molecule has 1 aromatic rings. The summed E-state index contributed by atoms with van der Waals surface area (Å²) >= 11 is 0. The van der Waals surface area contributed by atoms with Crippen LogP contribution in [-0.4, -0.2) is 18.2 Å². The monoisotopic (exact) mass is 203 g/mol. The number of nitrogens with zero attached hydrogens (tertiary/aromatic N) is 1. The van der Waals surface area contributed by atoms with E-state index >= 15 is 0 Å². The molecule has 0 unspecified atom stereocenters. The van der Waals surface area contributed by atoms with Gasteiger partial charge in [-0.1, -0.05) is 12.1 Å². The highest BCUT2D eigenvalue weighted by Crippen LogP contribution is 2.25. The molecule has 1 saturated heterocycles. The van der Waals surface area contributed by atoms with Gasteiger partial charge in [0.05, 0.1) is 5.69 Å². The van der Waals surface area contributed by atoms with Gasteiger partial charge >= 0.3 is 0 Å². The van der Waals surface area contributed by atoms with E-state index in [0.717, 1.165) is 18.7 Å². The summed E-state index contributed by atoms with van der Waals surface area (Å²) in [6.45, 7) is 2.25. The van der Waals surface area contributed by atoms with E-state index in [4.69, 9.17) is 0 Å². The number of ketones is 1. The maximum absolute atomic E-state index is 11.6. The lowest BCUT2D eigenvalue weighted by atomic mass is 10.1. The Bertz CT molecular complexity index is 412. The average Bonchev–Trinajstić information content (AvgIpc) is 2.64. The lowest BCUT2D eigenvalue weighted by Gasteiger charge is -2.18. The van der Waals surface area contributed by atoms with Crippen LogP contribution in [0.3, 0.4) is 0 Å². The molecule has 0 aliphatic carbocycles. The molecule has 1 aliphatic rings. The van der Waals surface area contributed by atoms with Crippen LogP contribution in [0.1, 0.15) is 30.1 Å². The number of carbonyl (C=O) groups excluding carboxylic acids is 2. The first-order valence-corrected chi connectivity index (χ1v) is 5.10. The number of Topliss-reactive ketones (excluding diaryl/α,β-unsaturated/α-hetero) is 1. The van der Waals surface area contributed by atoms with Gasteiger partial charge in [0.2, 0.25) is 5.91 Å². The number of benzene rings is 1. The van der Waals surface area contributed by atoms with E-state index in [-0.39, 0.29) is 11.7 Å². The quantitative estimate of drug-likeness (QED) is 0.689. The van der Waals surface area contributed by atoms with Crippen LogP contribution < -0.4 is 4.90 Å². The van der Waals surface area contributed by atoms with E-state index in [0.29, 0.717) is 12.0 Å². The Labute approximate surface area is 88.7 Å². The average molecular weight is 203 g/mol. The molecule has 0 spiro atoms. The second kappa shape index (κ2) is 3.85.